The molecule has 1 N–H and O–H groups in total. The summed E-state index contributed by atoms with van der Waals surface area (Å²) in [6, 6.07) is 5.18. The molecule has 0 saturated heterocycles. The van der Waals surface area contributed by atoms with Crippen LogP contribution in [0.2, 0.25) is 0 Å². The summed E-state index contributed by atoms with van der Waals surface area (Å²) >= 11 is 0. The van der Waals surface area contributed by atoms with E-state index in [2.05, 4.69) is 4.98 Å². The highest BCUT2D eigenvalue weighted by Gasteiger charge is 2.14. The number of ether oxygens (including phenoxy) is 1. The molecule has 0 aromatic carbocycles. The lowest BCUT2D eigenvalue weighted by Gasteiger charge is -2.04. The van der Waals surface area contributed by atoms with Gasteiger partial charge in [-0.3, -0.25) is 4.98 Å². The Hall–Kier alpha value is -2.30. The van der Waals surface area contributed by atoms with Crippen LogP contribution in [-0.2, 0) is 6.61 Å². The van der Waals surface area contributed by atoms with Gasteiger partial charge in [0.05, 0.1) is 12.5 Å². The van der Waals surface area contributed by atoms with Gasteiger partial charge in [-0.1, -0.05) is 0 Å². The Bertz CT molecular complexity index is 516. The zero-order chi connectivity index (χ0) is 12.3. The Kier molecular flexibility index (Phi) is 3.09. The van der Waals surface area contributed by atoms with Gasteiger partial charge in [0, 0.05) is 11.3 Å². The minimum atomic E-state index is -1.10. The predicted molar refractivity (Wildman–Crippen MR) is 59.0 cm³/mol. The Labute approximate surface area is 97.7 Å². The maximum absolute atomic E-state index is 10.8. The van der Waals surface area contributed by atoms with Crippen LogP contribution in [0.25, 0.3) is 0 Å². The smallest absolute Gasteiger partial charge is 0.372 e. The van der Waals surface area contributed by atoms with E-state index in [9.17, 15) is 4.79 Å². The molecule has 0 bridgehead atoms. The highest BCUT2D eigenvalue weighted by molar-refractivity contribution is 5.85. The standard InChI is InChI=1S/C12H11NO4/c1-8-2-3-10(6-13-8)17-7-9-4-5-16-11(9)12(14)15/h2-6H,7H2,1H3,(H,14,15). The molecule has 0 aliphatic rings. The Morgan fingerprint density at radius 2 is 2.29 bits per heavy atom. The molecule has 0 amide bonds. The number of hydrogen-bond donors (Lipinski definition) is 1. The van der Waals surface area contributed by atoms with Gasteiger partial charge in [-0.05, 0) is 25.1 Å². The first-order valence-corrected chi connectivity index (χ1v) is 5.02. The molecule has 0 spiro atoms. The first-order chi connectivity index (χ1) is 8.16. The summed E-state index contributed by atoms with van der Waals surface area (Å²) in [5, 5.41) is 8.83. The predicted octanol–water partition coefficient (Wildman–Crippen LogP) is 2.26. The number of carboxylic acids is 1. The average Bonchev–Trinajstić information content (AvgIpc) is 2.76. The molecule has 17 heavy (non-hydrogen) atoms. The first kappa shape index (κ1) is 11.2. The van der Waals surface area contributed by atoms with Crippen molar-refractivity contribution >= 4 is 5.97 Å². The van der Waals surface area contributed by atoms with Crippen molar-refractivity contribution in [2.24, 2.45) is 0 Å². The molecule has 0 unspecified atom stereocenters. The van der Waals surface area contributed by atoms with E-state index in [0.717, 1.165) is 5.69 Å². The minimum absolute atomic E-state index is 0.0925. The number of hydrogen-bond acceptors (Lipinski definition) is 4. The zero-order valence-electron chi connectivity index (χ0n) is 9.21. The van der Waals surface area contributed by atoms with Crippen molar-refractivity contribution in [2.45, 2.75) is 13.5 Å². The molecule has 0 aliphatic carbocycles. The lowest BCUT2D eigenvalue weighted by atomic mass is 10.2. The number of aromatic carboxylic acids is 1. The van der Waals surface area contributed by atoms with Crippen LogP contribution in [0.4, 0.5) is 0 Å². The summed E-state index contributed by atoms with van der Waals surface area (Å²) in [6.07, 6.45) is 2.92. The molecule has 5 nitrogen and oxygen atoms in total. The molecule has 2 heterocycles. The third kappa shape index (κ3) is 2.63. The summed E-state index contributed by atoms with van der Waals surface area (Å²) in [5.41, 5.74) is 1.39. The van der Waals surface area contributed by atoms with Crippen LogP contribution in [-0.4, -0.2) is 16.1 Å². The molecule has 88 valence electrons. The van der Waals surface area contributed by atoms with E-state index in [1.54, 1.807) is 18.3 Å². The number of nitrogens with zero attached hydrogens (tertiary/aromatic N) is 1. The zero-order valence-corrected chi connectivity index (χ0v) is 9.21. The highest BCUT2D eigenvalue weighted by Crippen LogP contribution is 2.15. The third-order valence-corrected chi connectivity index (χ3v) is 2.22. The van der Waals surface area contributed by atoms with Gasteiger partial charge in [-0.15, -0.1) is 0 Å². The largest absolute Gasteiger partial charge is 0.487 e. The molecular formula is C12H11NO4. The van der Waals surface area contributed by atoms with Crippen molar-refractivity contribution in [1.82, 2.24) is 4.98 Å². The molecule has 0 radical (unpaired) electrons. The van der Waals surface area contributed by atoms with Crippen molar-refractivity contribution in [1.29, 1.82) is 0 Å². The number of carbonyl (C=O) groups is 1. The molecule has 2 aromatic rings. The quantitative estimate of drug-likeness (QED) is 0.876. The van der Waals surface area contributed by atoms with Crippen LogP contribution < -0.4 is 4.74 Å². The summed E-state index contributed by atoms with van der Waals surface area (Å²) in [4.78, 5) is 14.8. The van der Waals surface area contributed by atoms with E-state index in [-0.39, 0.29) is 12.4 Å². The van der Waals surface area contributed by atoms with Crippen LogP contribution in [0.5, 0.6) is 5.75 Å². The highest BCUT2D eigenvalue weighted by atomic mass is 16.5. The lowest BCUT2D eigenvalue weighted by molar-refractivity contribution is 0.0658. The molecular weight excluding hydrogens is 222 g/mol. The molecule has 0 fully saturated rings. The second-order valence-corrected chi connectivity index (χ2v) is 3.50. The van der Waals surface area contributed by atoms with Crippen LogP contribution in [0.1, 0.15) is 21.8 Å². The normalized spacial score (nSPS) is 10.2. The first-order valence-electron chi connectivity index (χ1n) is 5.02. The summed E-state index contributed by atoms with van der Waals surface area (Å²) < 4.78 is 10.2. The molecule has 0 aliphatic heterocycles. The maximum atomic E-state index is 10.8. The van der Waals surface area contributed by atoms with Gasteiger partial charge >= 0.3 is 5.97 Å². The topological polar surface area (TPSA) is 72.6 Å². The second-order valence-electron chi connectivity index (χ2n) is 3.50. The van der Waals surface area contributed by atoms with E-state index in [0.29, 0.717) is 11.3 Å². The fourth-order valence-electron chi connectivity index (χ4n) is 1.34. The molecule has 2 rings (SSSR count). The summed E-state index contributed by atoms with van der Waals surface area (Å²) in [7, 11) is 0. The number of rotatable bonds is 4. The Balaban J connectivity index is 2.05. The van der Waals surface area contributed by atoms with Gasteiger partial charge in [0.2, 0.25) is 5.76 Å². The molecule has 2 aromatic heterocycles. The fourth-order valence-corrected chi connectivity index (χ4v) is 1.34. The van der Waals surface area contributed by atoms with Crippen molar-refractivity contribution < 1.29 is 19.1 Å². The number of carboxylic acid groups (broad SMARTS) is 1. The van der Waals surface area contributed by atoms with Crippen LogP contribution >= 0.6 is 0 Å². The van der Waals surface area contributed by atoms with Gasteiger partial charge in [0.1, 0.15) is 12.4 Å². The van der Waals surface area contributed by atoms with E-state index in [4.69, 9.17) is 14.3 Å². The SMILES string of the molecule is Cc1ccc(OCc2ccoc2C(=O)O)cn1. The second kappa shape index (κ2) is 4.69. The summed E-state index contributed by atoms with van der Waals surface area (Å²) in [5.74, 6) is -0.603. The van der Waals surface area contributed by atoms with E-state index >= 15 is 0 Å². The number of aryl methyl sites for hydroxylation is 1. The van der Waals surface area contributed by atoms with Gasteiger partial charge < -0.3 is 14.3 Å². The van der Waals surface area contributed by atoms with Gasteiger partial charge in [-0.25, -0.2) is 4.79 Å². The molecule has 0 saturated carbocycles. The Morgan fingerprint density at radius 1 is 1.47 bits per heavy atom. The van der Waals surface area contributed by atoms with E-state index in [1.165, 1.54) is 6.26 Å². The van der Waals surface area contributed by atoms with Crippen molar-refractivity contribution in [3.05, 3.63) is 47.7 Å². The average molecular weight is 233 g/mol. The molecule has 0 atom stereocenters. The number of furan rings is 1. The van der Waals surface area contributed by atoms with Gasteiger partial charge in [0.25, 0.3) is 0 Å². The molecule has 5 heteroatoms. The summed E-state index contributed by atoms with van der Waals surface area (Å²) in [6.45, 7) is 2.02. The van der Waals surface area contributed by atoms with Crippen molar-refractivity contribution in [2.75, 3.05) is 0 Å². The number of pyridine rings is 1. The van der Waals surface area contributed by atoms with E-state index < -0.39 is 5.97 Å². The van der Waals surface area contributed by atoms with Crippen LogP contribution in [0.15, 0.2) is 35.1 Å². The fraction of sp³-hybridized carbons (Fsp3) is 0.167. The van der Waals surface area contributed by atoms with Crippen molar-refractivity contribution in [3.8, 4) is 5.75 Å². The lowest BCUT2D eigenvalue weighted by Crippen LogP contribution is -2.02. The third-order valence-electron chi connectivity index (χ3n) is 2.22. The van der Waals surface area contributed by atoms with Gasteiger partial charge in [0.15, 0.2) is 0 Å². The monoisotopic (exact) mass is 233 g/mol. The van der Waals surface area contributed by atoms with E-state index in [1.807, 2.05) is 13.0 Å². The maximum Gasteiger partial charge on any atom is 0.372 e. The van der Waals surface area contributed by atoms with Gasteiger partial charge in [-0.2, -0.15) is 0 Å². The number of aromatic nitrogens is 1. The Morgan fingerprint density at radius 3 is 2.94 bits per heavy atom. The van der Waals surface area contributed by atoms with Crippen LogP contribution in [0, 0.1) is 6.92 Å². The van der Waals surface area contributed by atoms with Crippen LogP contribution in [0.3, 0.4) is 0 Å². The minimum Gasteiger partial charge on any atom is -0.487 e. The van der Waals surface area contributed by atoms with Crippen molar-refractivity contribution in [3.63, 3.8) is 0 Å².